The van der Waals surface area contributed by atoms with Crippen molar-refractivity contribution < 1.29 is 22.7 Å². The second-order valence-electron chi connectivity index (χ2n) is 2.69. The molecule has 0 saturated heterocycles. The fourth-order valence-corrected chi connectivity index (χ4v) is 1.91. The van der Waals surface area contributed by atoms with Gasteiger partial charge in [0, 0.05) is 0 Å². The predicted molar refractivity (Wildman–Crippen MR) is 52.9 cm³/mol. The average Bonchev–Trinajstić information content (AvgIpc) is 2.16. The van der Waals surface area contributed by atoms with E-state index in [1.54, 1.807) is 0 Å². The van der Waals surface area contributed by atoms with Crippen molar-refractivity contribution in [2.24, 2.45) is 5.84 Å². The van der Waals surface area contributed by atoms with Crippen LogP contribution in [0.2, 0.25) is 5.02 Å². The van der Waals surface area contributed by atoms with Gasteiger partial charge in [-0.05, 0) is 12.1 Å². The Labute approximate surface area is 94.8 Å². The first-order valence-electron chi connectivity index (χ1n) is 3.74. The first-order valence-corrected chi connectivity index (χ1v) is 5.60. The van der Waals surface area contributed by atoms with Crippen molar-refractivity contribution >= 4 is 27.6 Å². The molecule has 9 heteroatoms. The average molecular weight is 269 g/mol. The molecule has 1 aromatic carbocycles. The molecule has 0 aliphatic carbocycles. The lowest BCUT2D eigenvalue weighted by atomic mass is 10.2. The number of rotatable bonds is 3. The Balaban J connectivity index is 3.55. The number of nitrogens with two attached hydrogens (primary N) is 1. The normalized spacial score (nSPS) is 11.4. The summed E-state index contributed by atoms with van der Waals surface area (Å²) in [4.78, 5) is 11.1. The maximum absolute atomic E-state index is 13.2. The first-order chi connectivity index (χ1) is 7.29. The molecular formula is C7H6ClFN2O4S. The second kappa shape index (κ2) is 4.34. The van der Waals surface area contributed by atoms with Crippen LogP contribution in [0.4, 0.5) is 4.39 Å². The number of hydrazine groups is 1. The van der Waals surface area contributed by atoms with Gasteiger partial charge >= 0.3 is 5.97 Å². The van der Waals surface area contributed by atoms with Gasteiger partial charge in [0.2, 0.25) is 0 Å². The zero-order valence-electron chi connectivity index (χ0n) is 7.57. The van der Waals surface area contributed by atoms with Gasteiger partial charge in [0.1, 0.15) is 10.7 Å². The topological polar surface area (TPSA) is 109 Å². The Morgan fingerprint density at radius 1 is 1.50 bits per heavy atom. The summed E-state index contributed by atoms with van der Waals surface area (Å²) in [5.41, 5.74) is -0.531. The van der Waals surface area contributed by atoms with Gasteiger partial charge in [-0.1, -0.05) is 11.6 Å². The van der Waals surface area contributed by atoms with Gasteiger partial charge in [0.25, 0.3) is 10.0 Å². The number of carbonyl (C=O) groups is 1. The zero-order chi connectivity index (χ0) is 12.5. The van der Waals surface area contributed by atoms with E-state index in [2.05, 4.69) is 5.84 Å². The molecule has 16 heavy (non-hydrogen) atoms. The van der Waals surface area contributed by atoms with Crippen molar-refractivity contribution in [3.05, 3.63) is 28.5 Å². The first kappa shape index (κ1) is 12.8. The highest BCUT2D eigenvalue weighted by molar-refractivity contribution is 7.89. The molecule has 4 N–H and O–H groups in total. The van der Waals surface area contributed by atoms with Crippen molar-refractivity contribution in [2.75, 3.05) is 0 Å². The van der Waals surface area contributed by atoms with E-state index in [4.69, 9.17) is 16.7 Å². The lowest BCUT2D eigenvalue weighted by molar-refractivity contribution is 0.0696. The van der Waals surface area contributed by atoms with E-state index in [1.165, 1.54) is 4.83 Å². The van der Waals surface area contributed by atoms with Crippen LogP contribution >= 0.6 is 11.6 Å². The van der Waals surface area contributed by atoms with Crippen molar-refractivity contribution in [3.63, 3.8) is 0 Å². The molecular weight excluding hydrogens is 263 g/mol. The fraction of sp³-hybridized carbons (Fsp3) is 0. The van der Waals surface area contributed by atoms with E-state index in [-0.39, 0.29) is 0 Å². The number of nitrogens with one attached hydrogen (secondary N) is 1. The van der Waals surface area contributed by atoms with Gasteiger partial charge in [-0.15, -0.1) is 4.83 Å². The van der Waals surface area contributed by atoms with Crippen molar-refractivity contribution in [1.29, 1.82) is 0 Å². The number of halogens is 2. The van der Waals surface area contributed by atoms with Crippen LogP contribution in [0.3, 0.4) is 0 Å². The Morgan fingerprint density at radius 3 is 2.50 bits per heavy atom. The minimum atomic E-state index is -4.27. The third-order valence-electron chi connectivity index (χ3n) is 1.70. The lowest BCUT2D eigenvalue weighted by Crippen LogP contribution is -2.31. The molecule has 0 atom stereocenters. The second-order valence-corrected chi connectivity index (χ2v) is 4.78. The summed E-state index contributed by atoms with van der Waals surface area (Å²) in [6.45, 7) is 0. The Bertz CT molecular complexity index is 546. The van der Waals surface area contributed by atoms with Gasteiger partial charge in [-0.2, -0.15) is 0 Å². The summed E-state index contributed by atoms with van der Waals surface area (Å²) in [5, 5.41) is 8.26. The van der Waals surface area contributed by atoms with Crippen molar-refractivity contribution in [2.45, 2.75) is 4.90 Å². The molecule has 0 unspecified atom stereocenters. The zero-order valence-corrected chi connectivity index (χ0v) is 9.14. The molecule has 0 aromatic heterocycles. The van der Waals surface area contributed by atoms with Crippen LogP contribution in [-0.2, 0) is 10.0 Å². The minimum Gasteiger partial charge on any atom is -0.478 e. The summed E-state index contributed by atoms with van der Waals surface area (Å²) in [5.74, 6) is 2.03. The maximum atomic E-state index is 13.2. The van der Waals surface area contributed by atoms with E-state index in [1.807, 2.05) is 0 Å². The number of hydrogen-bond acceptors (Lipinski definition) is 4. The van der Waals surface area contributed by atoms with E-state index in [0.29, 0.717) is 12.1 Å². The van der Waals surface area contributed by atoms with Gasteiger partial charge in [0.05, 0.1) is 10.6 Å². The highest BCUT2D eigenvalue weighted by atomic mass is 35.5. The van der Waals surface area contributed by atoms with E-state index >= 15 is 0 Å². The number of sulfonamides is 1. The summed E-state index contributed by atoms with van der Waals surface area (Å²) in [6.07, 6.45) is 0. The molecule has 0 aliphatic rings. The molecule has 0 spiro atoms. The van der Waals surface area contributed by atoms with Gasteiger partial charge in [-0.25, -0.2) is 17.6 Å². The Morgan fingerprint density at radius 2 is 2.06 bits per heavy atom. The van der Waals surface area contributed by atoms with Gasteiger partial charge in [-0.3, -0.25) is 5.84 Å². The number of carboxylic acids is 1. The minimum absolute atomic E-state index is 0.402. The molecule has 0 radical (unpaired) electrons. The summed E-state index contributed by atoms with van der Waals surface area (Å²) < 4.78 is 35.6. The third-order valence-corrected chi connectivity index (χ3v) is 3.21. The van der Waals surface area contributed by atoms with E-state index < -0.39 is 37.3 Å². The van der Waals surface area contributed by atoms with Crippen LogP contribution in [-0.4, -0.2) is 19.5 Å². The van der Waals surface area contributed by atoms with Crippen LogP contribution in [0.25, 0.3) is 0 Å². The fourth-order valence-electron chi connectivity index (χ4n) is 0.962. The SMILES string of the molecule is NNS(=O)(=O)c1cc(C(=O)O)c(Cl)cc1F. The van der Waals surface area contributed by atoms with Crippen LogP contribution in [0.1, 0.15) is 10.4 Å². The summed E-state index contributed by atoms with van der Waals surface area (Å²) in [6, 6.07) is 1.18. The Hall–Kier alpha value is -1.22. The van der Waals surface area contributed by atoms with Gasteiger partial charge < -0.3 is 5.11 Å². The number of benzene rings is 1. The quantitative estimate of drug-likeness (QED) is 0.540. The Kier molecular flexibility index (Phi) is 3.48. The summed E-state index contributed by atoms with van der Waals surface area (Å²) >= 11 is 5.42. The van der Waals surface area contributed by atoms with Gasteiger partial charge in [0.15, 0.2) is 0 Å². The third kappa shape index (κ3) is 2.30. The summed E-state index contributed by atoms with van der Waals surface area (Å²) in [7, 11) is -4.27. The molecule has 1 aromatic rings. The van der Waals surface area contributed by atoms with Crippen LogP contribution < -0.4 is 10.7 Å². The number of carboxylic acid groups (broad SMARTS) is 1. The molecule has 0 aliphatic heterocycles. The van der Waals surface area contributed by atoms with Crippen molar-refractivity contribution in [3.8, 4) is 0 Å². The molecule has 0 amide bonds. The molecule has 0 bridgehead atoms. The van der Waals surface area contributed by atoms with E-state index in [0.717, 1.165) is 0 Å². The van der Waals surface area contributed by atoms with Crippen LogP contribution in [0.15, 0.2) is 17.0 Å². The monoisotopic (exact) mass is 268 g/mol. The standard InChI is InChI=1S/C7H6ClFN2O4S/c8-4-2-5(9)6(16(14,15)11-10)1-3(4)7(12)13/h1-2,11H,10H2,(H,12,13). The molecule has 88 valence electrons. The van der Waals surface area contributed by atoms with Crippen LogP contribution in [0.5, 0.6) is 0 Å². The molecule has 6 nitrogen and oxygen atoms in total. The predicted octanol–water partition coefficient (Wildman–Crippen LogP) is 0.329. The van der Waals surface area contributed by atoms with E-state index in [9.17, 15) is 17.6 Å². The molecule has 0 fully saturated rings. The molecule has 0 heterocycles. The maximum Gasteiger partial charge on any atom is 0.337 e. The molecule has 0 saturated carbocycles. The van der Waals surface area contributed by atoms with Crippen molar-refractivity contribution in [1.82, 2.24) is 4.83 Å². The molecule has 1 rings (SSSR count). The van der Waals surface area contributed by atoms with Crippen LogP contribution in [0, 0.1) is 5.82 Å². The smallest absolute Gasteiger partial charge is 0.337 e. The number of aromatic carboxylic acids is 1. The number of hydrogen-bond donors (Lipinski definition) is 3. The highest BCUT2D eigenvalue weighted by Gasteiger charge is 2.22. The highest BCUT2D eigenvalue weighted by Crippen LogP contribution is 2.23. The lowest BCUT2D eigenvalue weighted by Gasteiger charge is -2.06. The largest absolute Gasteiger partial charge is 0.478 e.